The first-order valence-electron chi connectivity index (χ1n) is 13.1. The van der Waals surface area contributed by atoms with Crippen molar-refractivity contribution < 1.29 is 14.4 Å². The van der Waals surface area contributed by atoms with Crippen LogP contribution in [0.25, 0.3) is 0 Å². The van der Waals surface area contributed by atoms with E-state index in [1.54, 1.807) is 36.6 Å². The quantitative estimate of drug-likeness (QED) is 0.230. The molecule has 3 N–H and O–H groups in total. The maximum Gasteiger partial charge on any atom is 0.256 e. The Labute approximate surface area is 236 Å². The number of hydrogen-bond donors (Lipinski definition) is 3. The van der Waals surface area contributed by atoms with Crippen LogP contribution in [0, 0.1) is 17.8 Å². The number of hydrogen-bond acceptors (Lipinski definition) is 4. The second kappa shape index (κ2) is 16.8. The lowest BCUT2D eigenvalue weighted by Gasteiger charge is -2.12. The van der Waals surface area contributed by atoms with Crippen LogP contribution < -0.4 is 16.0 Å². The molecule has 0 saturated heterocycles. The van der Waals surface area contributed by atoms with Crippen LogP contribution >= 0.6 is 0 Å². The summed E-state index contributed by atoms with van der Waals surface area (Å²) in [7, 11) is 0. The fraction of sp³-hybridized carbons (Fsp3) is 0.212. The summed E-state index contributed by atoms with van der Waals surface area (Å²) in [5, 5.41) is 8.30. The van der Waals surface area contributed by atoms with Gasteiger partial charge in [-0.25, -0.2) is 0 Å². The van der Waals surface area contributed by atoms with Gasteiger partial charge in [-0.2, -0.15) is 0 Å². The molecule has 1 atom stereocenters. The Balaban J connectivity index is 2.46. The summed E-state index contributed by atoms with van der Waals surface area (Å²) in [6.45, 7) is 11.7. The highest BCUT2D eigenvalue weighted by atomic mass is 16.2. The van der Waals surface area contributed by atoms with Crippen LogP contribution in [-0.4, -0.2) is 22.7 Å². The number of aromatic nitrogens is 1. The van der Waals surface area contributed by atoms with Crippen molar-refractivity contribution >= 4 is 23.4 Å². The first kappa shape index (κ1) is 31.3. The molecule has 1 aromatic carbocycles. The van der Waals surface area contributed by atoms with Crippen molar-refractivity contribution in [1.29, 1.82) is 0 Å². The molecule has 0 aliphatic carbocycles. The molecule has 7 heteroatoms. The lowest BCUT2D eigenvalue weighted by molar-refractivity contribution is 0.0966. The highest BCUT2D eigenvalue weighted by Gasteiger charge is 2.18. The minimum atomic E-state index is -0.512. The van der Waals surface area contributed by atoms with Gasteiger partial charge in [0, 0.05) is 35.0 Å². The molecule has 3 amide bonds. The summed E-state index contributed by atoms with van der Waals surface area (Å²) in [4.78, 5) is 43.6. The zero-order chi connectivity index (χ0) is 29.3. The molecule has 0 saturated carbocycles. The number of rotatable bonds is 11. The number of amides is 3. The Morgan fingerprint density at radius 2 is 1.68 bits per heavy atom. The predicted octanol–water partition coefficient (Wildman–Crippen LogP) is 6.34. The molecule has 40 heavy (non-hydrogen) atoms. The van der Waals surface area contributed by atoms with Gasteiger partial charge in [0.25, 0.3) is 17.7 Å². The van der Waals surface area contributed by atoms with Crippen molar-refractivity contribution in [1.82, 2.24) is 15.6 Å². The molecular weight excluding hydrogens is 500 g/mol. The maximum atomic E-state index is 13.2. The normalized spacial score (nSPS) is 12.4. The molecule has 0 bridgehead atoms. The highest BCUT2D eigenvalue weighted by Crippen LogP contribution is 2.15. The highest BCUT2D eigenvalue weighted by molar-refractivity contribution is 6.09. The molecule has 2 aromatic rings. The standard InChI is InChI=1S/C33H36N4O3/c1-6-10-15-29(16-11-7-2)36-32(39)26-20-25(31(38)35-28(9-4)17-12-14-24(5)8-3)21-27(22-26)33(40)37-30-18-13-19-34-23-30/h6,9-10,12-15,17-24H,4,7-8H2,1-3,5H3,(H,35,38)(H,36,39)(H,37,40)/b10-6-,14-12-,28-17+,29-15+. The van der Waals surface area contributed by atoms with Crippen LogP contribution in [0.2, 0.25) is 0 Å². The number of carbonyl (C=O) groups excluding carboxylic acids is 3. The van der Waals surface area contributed by atoms with Gasteiger partial charge in [-0.3, -0.25) is 19.4 Å². The van der Waals surface area contributed by atoms with E-state index < -0.39 is 17.7 Å². The van der Waals surface area contributed by atoms with Crippen LogP contribution in [0.15, 0.2) is 103 Å². The Kier molecular flexibility index (Phi) is 13.1. The summed E-state index contributed by atoms with van der Waals surface area (Å²) in [6, 6.07) is 7.67. The number of pyridine rings is 1. The molecule has 2 rings (SSSR count). The smallest absolute Gasteiger partial charge is 0.256 e. The van der Waals surface area contributed by atoms with E-state index in [2.05, 4.69) is 53.2 Å². The van der Waals surface area contributed by atoms with E-state index in [1.807, 2.05) is 32.1 Å². The van der Waals surface area contributed by atoms with Crippen LogP contribution in [0.4, 0.5) is 5.69 Å². The van der Waals surface area contributed by atoms with Crippen molar-refractivity contribution in [2.24, 2.45) is 5.92 Å². The zero-order valence-electron chi connectivity index (χ0n) is 23.5. The van der Waals surface area contributed by atoms with E-state index >= 15 is 0 Å². The van der Waals surface area contributed by atoms with Gasteiger partial charge in [0.1, 0.15) is 0 Å². The van der Waals surface area contributed by atoms with Gasteiger partial charge in [0.05, 0.1) is 17.6 Å². The van der Waals surface area contributed by atoms with Gasteiger partial charge in [-0.05, 0) is 67.3 Å². The summed E-state index contributed by atoms with van der Waals surface area (Å²) >= 11 is 0. The molecule has 0 aliphatic heterocycles. The summed E-state index contributed by atoms with van der Waals surface area (Å²) in [5.41, 5.74) is 1.72. The van der Waals surface area contributed by atoms with Gasteiger partial charge >= 0.3 is 0 Å². The second-order valence-corrected chi connectivity index (χ2v) is 8.76. The van der Waals surface area contributed by atoms with Crippen molar-refractivity contribution in [3.8, 4) is 11.8 Å². The lowest BCUT2D eigenvalue weighted by Crippen LogP contribution is -2.26. The molecule has 0 fully saturated rings. The van der Waals surface area contributed by atoms with E-state index in [9.17, 15) is 14.4 Å². The third kappa shape index (κ3) is 10.4. The van der Waals surface area contributed by atoms with E-state index in [0.717, 1.165) is 6.42 Å². The number of carbonyl (C=O) groups is 3. The Morgan fingerprint density at radius 3 is 2.25 bits per heavy atom. The van der Waals surface area contributed by atoms with Crippen molar-refractivity contribution in [2.45, 2.75) is 40.5 Å². The van der Waals surface area contributed by atoms with Gasteiger partial charge in [-0.15, -0.1) is 0 Å². The van der Waals surface area contributed by atoms with Crippen LogP contribution in [0.5, 0.6) is 0 Å². The third-order valence-corrected chi connectivity index (χ3v) is 5.58. The number of anilines is 1. The fourth-order valence-electron chi connectivity index (χ4n) is 3.19. The van der Waals surface area contributed by atoms with E-state index in [0.29, 0.717) is 29.4 Å². The molecule has 1 heterocycles. The second-order valence-electron chi connectivity index (χ2n) is 8.76. The molecular formula is C33H36N4O3. The third-order valence-electron chi connectivity index (χ3n) is 5.58. The fourth-order valence-corrected chi connectivity index (χ4v) is 3.19. The average Bonchev–Trinajstić information content (AvgIpc) is 2.97. The monoisotopic (exact) mass is 536 g/mol. The Bertz CT molecular complexity index is 1390. The van der Waals surface area contributed by atoms with Gasteiger partial charge in [0.2, 0.25) is 0 Å². The zero-order valence-corrected chi connectivity index (χ0v) is 23.5. The summed E-state index contributed by atoms with van der Waals surface area (Å²) in [6.07, 6.45) is 17.1. The van der Waals surface area contributed by atoms with E-state index in [4.69, 9.17) is 0 Å². The van der Waals surface area contributed by atoms with Crippen LogP contribution in [0.3, 0.4) is 0 Å². The molecule has 1 unspecified atom stereocenters. The maximum absolute atomic E-state index is 13.2. The minimum Gasteiger partial charge on any atom is -0.322 e. The first-order valence-corrected chi connectivity index (χ1v) is 13.1. The molecule has 7 nitrogen and oxygen atoms in total. The van der Waals surface area contributed by atoms with E-state index in [-0.39, 0.29) is 16.7 Å². The number of nitrogens with zero attached hydrogens (tertiary/aromatic N) is 1. The number of nitrogens with one attached hydrogen (secondary N) is 3. The predicted molar refractivity (Wildman–Crippen MR) is 161 cm³/mol. The van der Waals surface area contributed by atoms with Crippen molar-refractivity contribution in [3.63, 3.8) is 0 Å². The Morgan fingerprint density at radius 1 is 1.00 bits per heavy atom. The van der Waals surface area contributed by atoms with Gasteiger partial charge in [0.15, 0.2) is 0 Å². The largest absolute Gasteiger partial charge is 0.322 e. The molecule has 206 valence electrons. The van der Waals surface area contributed by atoms with Crippen molar-refractivity contribution in [2.75, 3.05) is 5.32 Å². The molecule has 0 aliphatic rings. The SMILES string of the molecule is C=C/C(=C\C=C/C(C)CC)NC(=O)c1cc(C(=O)N/C(C#CCC)=C/C=C\C)cc(C(=O)Nc2cccnc2)c1. The van der Waals surface area contributed by atoms with Crippen molar-refractivity contribution in [3.05, 3.63) is 120 Å². The molecule has 0 radical (unpaired) electrons. The summed E-state index contributed by atoms with van der Waals surface area (Å²) in [5.74, 6) is 4.73. The van der Waals surface area contributed by atoms with Crippen LogP contribution in [0.1, 0.15) is 71.6 Å². The average molecular weight is 537 g/mol. The van der Waals surface area contributed by atoms with Crippen LogP contribution in [-0.2, 0) is 0 Å². The van der Waals surface area contributed by atoms with Gasteiger partial charge < -0.3 is 16.0 Å². The molecule has 0 spiro atoms. The topological polar surface area (TPSA) is 100 Å². The Hall–Kier alpha value is -4.96. The lowest BCUT2D eigenvalue weighted by atomic mass is 10.0. The number of benzene rings is 1. The van der Waals surface area contributed by atoms with E-state index in [1.165, 1.54) is 30.5 Å². The number of allylic oxidation sites excluding steroid dienone is 8. The first-order chi connectivity index (χ1) is 19.3. The molecule has 1 aromatic heterocycles. The minimum absolute atomic E-state index is 0.120. The summed E-state index contributed by atoms with van der Waals surface area (Å²) < 4.78 is 0. The van der Waals surface area contributed by atoms with Gasteiger partial charge in [-0.1, -0.05) is 64.0 Å².